The molecule has 0 fully saturated rings. The zero-order valence-electron chi connectivity index (χ0n) is 32.2. The molecule has 46 heavy (non-hydrogen) atoms. The van der Waals surface area contributed by atoms with Gasteiger partial charge in [0.25, 0.3) is 0 Å². The number of benzene rings is 1. The molecule has 0 atom stereocenters. The van der Waals surface area contributed by atoms with Crippen molar-refractivity contribution in [2.75, 3.05) is 61.9 Å². The highest BCUT2D eigenvalue weighted by molar-refractivity contribution is 5.45. The number of rotatable bonds is 33. The van der Waals surface area contributed by atoms with Gasteiger partial charge in [0.2, 0.25) is 0 Å². The van der Waals surface area contributed by atoms with Gasteiger partial charge in [0.15, 0.2) is 0 Å². The molecule has 1 N–H and O–H groups in total. The van der Waals surface area contributed by atoms with Gasteiger partial charge >= 0.3 is 0 Å². The van der Waals surface area contributed by atoms with Gasteiger partial charge in [0, 0.05) is 0 Å². The van der Waals surface area contributed by atoms with E-state index in [9.17, 15) is 5.11 Å². The molecule has 4 heteroatoms. The monoisotopic (exact) mass is 644 g/mol. The maximum Gasteiger partial charge on any atom is 0.119 e. The second kappa shape index (κ2) is 30.0. The van der Waals surface area contributed by atoms with Crippen LogP contribution in [0.3, 0.4) is 0 Å². The van der Waals surface area contributed by atoms with Gasteiger partial charge in [-0.2, -0.15) is 0 Å². The first kappa shape index (κ1) is 42.9. The van der Waals surface area contributed by atoms with Crippen LogP contribution in [-0.4, -0.2) is 81.7 Å². The highest BCUT2D eigenvalue weighted by Gasteiger charge is 2.13. The van der Waals surface area contributed by atoms with Gasteiger partial charge in [-0.3, -0.25) is 0 Å². The molecule has 0 bridgehead atoms. The van der Waals surface area contributed by atoms with E-state index in [0.29, 0.717) is 5.75 Å². The first-order valence-electron chi connectivity index (χ1n) is 20.1. The Kier molecular flexibility index (Phi) is 28.0. The Balaban J connectivity index is 2.49. The topological polar surface area (TPSA) is 30.0 Å². The maximum absolute atomic E-state index is 11.0. The molecule has 0 aliphatic rings. The highest BCUT2D eigenvalue weighted by Crippen LogP contribution is 2.30. The molecule has 0 unspecified atom stereocenters. The number of hydrogen-bond acceptors (Lipinski definition) is 4. The summed E-state index contributed by atoms with van der Waals surface area (Å²) in [5.74, 6) is 0.562. The summed E-state index contributed by atoms with van der Waals surface area (Å²) in [6, 6.07) is 4.29. The van der Waals surface area contributed by atoms with Crippen LogP contribution in [-0.2, 0) is 19.3 Å². The maximum atomic E-state index is 11.0. The van der Waals surface area contributed by atoms with Gasteiger partial charge < -0.3 is 19.8 Å². The lowest BCUT2D eigenvalue weighted by molar-refractivity contribution is 0.389. The number of phenols is 1. The van der Waals surface area contributed by atoms with Crippen molar-refractivity contribution in [3.05, 3.63) is 28.8 Å². The van der Waals surface area contributed by atoms with Crippen LogP contribution in [0.4, 0.5) is 0 Å². The van der Waals surface area contributed by atoms with Crippen LogP contribution >= 0.6 is 0 Å². The Morgan fingerprint density at radius 1 is 0.348 bits per heavy atom. The van der Waals surface area contributed by atoms with E-state index >= 15 is 0 Å². The summed E-state index contributed by atoms with van der Waals surface area (Å²) in [6.07, 6.45) is 35.8. The van der Waals surface area contributed by atoms with Crippen molar-refractivity contribution >= 4 is 0 Å². The van der Waals surface area contributed by atoms with Crippen molar-refractivity contribution in [3.63, 3.8) is 0 Å². The molecule has 1 rings (SSSR count). The van der Waals surface area contributed by atoms with Crippen LogP contribution in [0.2, 0.25) is 0 Å². The van der Waals surface area contributed by atoms with Gasteiger partial charge in [0.05, 0.1) is 0 Å². The molecule has 0 aromatic heterocycles. The van der Waals surface area contributed by atoms with Crippen molar-refractivity contribution in [1.82, 2.24) is 14.7 Å². The number of nitrogens with zero attached hydrogens (tertiary/aromatic N) is 3. The summed E-state index contributed by atoms with van der Waals surface area (Å²) in [7, 11) is 13.1. The van der Waals surface area contributed by atoms with E-state index < -0.39 is 0 Å². The van der Waals surface area contributed by atoms with Crippen LogP contribution in [0.5, 0.6) is 5.75 Å². The predicted molar refractivity (Wildman–Crippen MR) is 206 cm³/mol. The standard InChI is InChI=1S/C42H81N3O/c1-43(2)36-28-22-16-10-7-13-19-25-31-39-34-35-42(46)41(33-27-21-15-9-12-18-24-30-38-45(5)6)40(39)32-26-20-14-8-11-17-23-29-37-44(3)4/h34-35,46H,7-33,36-38H2,1-6H3. The van der Waals surface area contributed by atoms with E-state index in [1.54, 1.807) is 0 Å². The molecule has 0 saturated heterocycles. The quantitative estimate of drug-likeness (QED) is 0.0772. The molecule has 0 heterocycles. The minimum atomic E-state index is 0.562. The average Bonchev–Trinajstić information content (AvgIpc) is 3.01. The fourth-order valence-electron chi connectivity index (χ4n) is 6.94. The summed E-state index contributed by atoms with van der Waals surface area (Å²) in [5.41, 5.74) is 4.35. The zero-order valence-corrected chi connectivity index (χ0v) is 32.2. The molecule has 0 aliphatic carbocycles. The van der Waals surface area contributed by atoms with Crippen LogP contribution in [0.25, 0.3) is 0 Å². The smallest absolute Gasteiger partial charge is 0.119 e. The molecule has 4 nitrogen and oxygen atoms in total. The summed E-state index contributed by atoms with van der Waals surface area (Å²) in [4.78, 5) is 6.90. The van der Waals surface area contributed by atoms with E-state index in [4.69, 9.17) is 0 Å². The van der Waals surface area contributed by atoms with E-state index in [2.05, 4.69) is 63.1 Å². The first-order chi connectivity index (χ1) is 22.3. The van der Waals surface area contributed by atoms with Crippen molar-refractivity contribution in [3.8, 4) is 5.75 Å². The molecule has 0 radical (unpaired) electrons. The largest absolute Gasteiger partial charge is 0.508 e. The summed E-state index contributed by atoms with van der Waals surface area (Å²) < 4.78 is 0. The Bertz CT molecular complexity index is 806. The molecule has 0 saturated carbocycles. The van der Waals surface area contributed by atoms with Gasteiger partial charge in [-0.1, -0.05) is 122 Å². The van der Waals surface area contributed by atoms with Crippen LogP contribution in [0, 0.1) is 0 Å². The molecule has 0 amide bonds. The van der Waals surface area contributed by atoms with Crippen molar-refractivity contribution in [2.45, 2.75) is 173 Å². The van der Waals surface area contributed by atoms with Crippen molar-refractivity contribution in [2.24, 2.45) is 0 Å². The zero-order chi connectivity index (χ0) is 33.7. The summed E-state index contributed by atoms with van der Waals surface area (Å²) in [5, 5.41) is 11.0. The minimum absolute atomic E-state index is 0.562. The van der Waals surface area contributed by atoms with Crippen molar-refractivity contribution in [1.29, 1.82) is 0 Å². The molecule has 270 valence electrons. The van der Waals surface area contributed by atoms with E-state index in [0.717, 1.165) is 12.8 Å². The van der Waals surface area contributed by atoms with Gasteiger partial charge in [-0.25, -0.2) is 0 Å². The number of hydrogen-bond donors (Lipinski definition) is 1. The minimum Gasteiger partial charge on any atom is -0.508 e. The SMILES string of the molecule is CN(C)CCCCCCCCCCc1ccc(O)c(CCCCCCCCCCN(C)C)c1CCCCCCCCCCN(C)C. The Hall–Kier alpha value is -1.10. The third kappa shape index (κ3) is 25.0. The van der Waals surface area contributed by atoms with Gasteiger partial charge in [-0.15, -0.1) is 0 Å². The molecular formula is C42H81N3O. The lowest BCUT2D eigenvalue weighted by Gasteiger charge is -2.17. The Morgan fingerprint density at radius 3 is 0.978 bits per heavy atom. The average molecular weight is 644 g/mol. The summed E-state index contributed by atoms with van der Waals surface area (Å²) >= 11 is 0. The first-order valence-corrected chi connectivity index (χ1v) is 20.1. The van der Waals surface area contributed by atoms with Crippen LogP contribution in [0.15, 0.2) is 12.1 Å². The van der Waals surface area contributed by atoms with E-state index in [1.807, 2.05) is 6.07 Å². The van der Waals surface area contributed by atoms with E-state index in [1.165, 1.54) is 197 Å². The number of unbranched alkanes of at least 4 members (excludes halogenated alkanes) is 21. The lowest BCUT2D eigenvalue weighted by Crippen LogP contribution is -2.12. The number of phenolic OH excluding ortho intramolecular Hbond substituents is 1. The summed E-state index contributed by atoms with van der Waals surface area (Å²) in [6.45, 7) is 3.68. The van der Waals surface area contributed by atoms with Gasteiger partial charge in [-0.05, 0) is 142 Å². The second-order valence-electron chi connectivity index (χ2n) is 15.3. The molecule has 0 aliphatic heterocycles. The third-order valence-corrected chi connectivity index (χ3v) is 9.87. The Morgan fingerprint density at radius 2 is 0.630 bits per heavy atom. The Labute approximate surface area is 289 Å². The van der Waals surface area contributed by atoms with E-state index in [-0.39, 0.29) is 0 Å². The normalized spacial score (nSPS) is 11.9. The molecule has 1 aromatic rings. The van der Waals surface area contributed by atoms with Crippen LogP contribution < -0.4 is 0 Å². The van der Waals surface area contributed by atoms with Crippen molar-refractivity contribution < 1.29 is 5.11 Å². The molecular weight excluding hydrogens is 562 g/mol. The van der Waals surface area contributed by atoms with Gasteiger partial charge in [0.1, 0.15) is 5.75 Å². The predicted octanol–water partition coefficient (Wildman–Crippen LogP) is 11.1. The molecule has 0 spiro atoms. The van der Waals surface area contributed by atoms with Crippen LogP contribution in [0.1, 0.15) is 171 Å². The number of aryl methyl sites for hydroxylation is 1. The fraction of sp³-hybridized carbons (Fsp3) is 0.857. The third-order valence-electron chi connectivity index (χ3n) is 9.87. The number of aromatic hydroxyl groups is 1. The lowest BCUT2D eigenvalue weighted by atomic mass is 9.89. The second-order valence-corrected chi connectivity index (χ2v) is 15.3. The fourth-order valence-corrected chi connectivity index (χ4v) is 6.94. The highest BCUT2D eigenvalue weighted by atomic mass is 16.3. The molecule has 1 aromatic carbocycles.